The van der Waals surface area contributed by atoms with Gasteiger partial charge in [-0.05, 0) is 20.3 Å². The molecule has 1 fully saturated rings. The standard InChI is InChI=1S/C12H24N2O3/c1-4-12(3,10(13)11(15)17-5-2)14-6-8-16-9-7-14/h10H,4-9,13H2,1-3H3. The van der Waals surface area contributed by atoms with E-state index in [9.17, 15) is 4.79 Å². The molecule has 2 N–H and O–H groups in total. The molecular weight excluding hydrogens is 220 g/mol. The summed E-state index contributed by atoms with van der Waals surface area (Å²) < 4.78 is 10.3. The van der Waals surface area contributed by atoms with Crippen LogP contribution in [0.4, 0.5) is 0 Å². The Bertz CT molecular complexity index is 254. The van der Waals surface area contributed by atoms with Crippen molar-refractivity contribution >= 4 is 5.97 Å². The number of rotatable bonds is 5. The van der Waals surface area contributed by atoms with E-state index in [4.69, 9.17) is 15.2 Å². The van der Waals surface area contributed by atoms with E-state index in [1.807, 2.05) is 6.92 Å². The molecule has 0 radical (unpaired) electrons. The van der Waals surface area contributed by atoms with Gasteiger partial charge in [0, 0.05) is 18.6 Å². The lowest BCUT2D eigenvalue weighted by Gasteiger charge is -2.45. The molecule has 100 valence electrons. The topological polar surface area (TPSA) is 64.8 Å². The molecule has 17 heavy (non-hydrogen) atoms. The van der Waals surface area contributed by atoms with E-state index in [0.717, 1.165) is 19.5 Å². The molecule has 2 atom stereocenters. The Balaban J connectivity index is 2.74. The molecule has 0 aromatic carbocycles. The molecule has 5 heteroatoms. The van der Waals surface area contributed by atoms with Crippen LogP contribution in [-0.4, -0.2) is 55.4 Å². The van der Waals surface area contributed by atoms with Crippen LogP contribution in [0.15, 0.2) is 0 Å². The fraction of sp³-hybridized carbons (Fsp3) is 0.917. The fourth-order valence-corrected chi connectivity index (χ4v) is 2.20. The quantitative estimate of drug-likeness (QED) is 0.708. The van der Waals surface area contributed by atoms with E-state index >= 15 is 0 Å². The maximum atomic E-state index is 11.8. The van der Waals surface area contributed by atoms with Crippen molar-refractivity contribution in [2.75, 3.05) is 32.9 Å². The van der Waals surface area contributed by atoms with Gasteiger partial charge in [0.05, 0.1) is 19.8 Å². The summed E-state index contributed by atoms with van der Waals surface area (Å²) in [6, 6.07) is -0.606. The first-order valence-electron chi connectivity index (χ1n) is 6.31. The van der Waals surface area contributed by atoms with Crippen LogP contribution in [0.25, 0.3) is 0 Å². The molecule has 0 aliphatic carbocycles. The predicted octanol–water partition coefficient (Wildman–Crippen LogP) is 0.378. The number of nitrogens with zero attached hydrogens (tertiary/aromatic N) is 1. The van der Waals surface area contributed by atoms with Crippen LogP contribution in [0.1, 0.15) is 27.2 Å². The summed E-state index contributed by atoms with van der Waals surface area (Å²) in [7, 11) is 0. The second kappa shape index (κ2) is 6.33. The number of ether oxygens (including phenoxy) is 2. The van der Waals surface area contributed by atoms with Crippen LogP contribution < -0.4 is 5.73 Å². The molecule has 0 aromatic rings. The highest BCUT2D eigenvalue weighted by atomic mass is 16.5. The van der Waals surface area contributed by atoms with Crippen molar-refractivity contribution in [3.8, 4) is 0 Å². The van der Waals surface area contributed by atoms with E-state index in [0.29, 0.717) is 19.8 Å². The van der Waals surface area contributed by atoms with Crippen LogP contribution >= 0.6 is 0 Å². The minimum absolute atomic E-state index is 0.316. The summed E-state index contributed by atoms with van der Waals surface area (Å²) in [5, 5.41) is 0. The van der Waals surface area contributed by atoms with E-state index in [2.05, 4.69) is 11.8 Å². The van der Waals surface area contributed by atoms with Crippen molar-refractivity contribution in [1.29, 1.82) is 0 Å². The van der Waals surface area contributed by atoms with Crippen molar-refractivity contribution < 1.29 is 14.3 Å². The Kier molecular flexibility index (Phi) is 5.36. The summed E-state index contributed by atoms with van der Waals surface area (Å²) in [6.07, 6.45) is 0.812. The highest BCUT2D eigenvalue weighted by Gasteiger charge is 2.41. The number of hydrogen-bond acceptors (Lipinski definition) is 5. The predicted molar refractivity (Wildman–Crippen MR) is 65.7 cm³/mol. The number of hydrogen-bond donors (Lipinski definition) is 1. The van der Waals surface area contributed by atoms with Crippen LogP contribution in [-0.2, 0) is 14.3 Å². The van der Waals surface area contributed by atoms with Gasteiger partial charge in [0.25, 0.3) is 0 Å². The van der Waals surface area contributed by atoms with Gasteiger partial charge in [-0.2, -0.15) is 0 Å². The molecule has 1 aliphatic heterocycles. The molecule has 1 heterocycles. The van der Waals surface area contributed by atoms with Gasteiger partial charge in [-0.1, -0.05) is 6.92 Å². The summed E-state index contributed by atoms with van der Waals surface area (Å²) in [5.41, 5.74) is 5.71. The molecule has 0 spiro atoms. The molecular formula is C12H24N2O3. The third kappa shape index (κ3) is 3.18. The Hall–Kier alpha value is -0.650. The van der Waals surface area contributed by atoms with Gasteiger partial charge in [-0.15, -0.1) is 0 Å². The summed E-state index contributed by atoms with van der Waals surface area (Å²) in [6.45, 7) is 9.28. The van der Waals surface area contributed by atoms with Crippen molar-refractivity contribution in [2.45, 2.75) is 38.8 Å². The smallest absolute Gasteiger partial charge is 0.324 e. The number of esters is 1. The number of morpholine rings is 1. The minimum atomic E-state index is -0.606. The Morgan fingerprint density at radius 1 is 1.47 bits per heavy atom. The highest BCUT2D eigenvalue weighted by molar-refractivity contribution is 5.77. The summed E-state index contributed by atoms with van der Waals surface area (Å²) in [4.78, 5) is 14.0. The van der Waals surface area contributed by atoms with Gasteiger partial charge in [0.15, 0.2) is 0 Å². The first-order chi connectivity index (χ1) is 8.06. The Morgan fingerprint density at radius 2 is 2.06 bits per heavy atom. The zero-order chi connectivity index (χ0) is 12.9. The first-order valence-corrected chi connectivity index (χ1v) is 6.31. The van der Waals surface area contributed by atoms with Crippen molar-refractivity contribution in [3.05, 3.63) is 0 Å². The Labute approximate surface area is 103 Å². The van der Waals surface area contributed by atoms with Gasteiger partial charge >= 0.3 is 5.97 Å². The average Bonchev–Trinajstić information content (AvgIpc) is 2.38. The third-order valence-electron chi connectivity index (χ3n) is 3.66. The molecule has 0 amide bonds. The van der Waals surface area contributed by atoms with E-state index in [-0.39, 0.29) is 11.5 Å². The number of carbonyl (C=O) groups excluding carboxylic acids is 1. The number of nitrogens with two attached hydrogens (primary N) is 1. The largest absolute Gasteiger partial charge is 0.465 e. The second-order valence-corrected chi connectivity index (χ2v) is 4.54. The normalized spacial score (nSPS) is 22.8. The molecule has 0 bridgehead atoms. The highest BCUT2D eigenvalue weighted by Crippen LogP contribution is 2.24. The van der Waals surface area contributed by atoms with Gasteiger partial charge in [-0.25, -0.2) is 0 Å². The molecule has 1 aliphatic rings. The fourth-order valence-electron chi connectivity index (χ4n) is 2.20. The summed E-state index contributed by atoms with van der Waals surface area (Å²) >= 11 is 0. The minimum Gasteiger partial charge on any atom is -0.465 e. The second-order valence-electron chi connectivity index (χ2n) is 4.54. The van der Waals surface area contributed by atoms with Gasteiger partial charge in [0.2, 0.25) is 0 Å². The van der Waals surface area contributed by atoms with Gasteiger partial charge < -0.3 is 15.2 Å². The van der Waals surface area contributed by atoms with Crippen molar-refractivity contribution in [3.63, 3.8) is 0 Å². The monoisotopic (exact) mass is 244 g/mol. The lowest BCUT2D eigenvalue weighted by Crippen LogP contribution is -2.63. The summed E-state index contributed by atoms with van der Waals surface area (Å²) in [5.74, 6) is -0.316. The molecule has 0 saturated carbocycles. The third-order valence-corrected chi connectivity index (χ3v) is 3.66. The lowest BCUT2D eigenvalue weighted by atomic mass is 9.87. The zero-order valence-electron chi connectivity index (χ0n) is 11.1. The number of carbonyl (C=O) groups is 1. The van der Waals surface area contributed by atoms with Crippen LogP contribution in [0.5, 0.6) is 0 Å². The molecule has 5 nitrogen and oxygen atoms in total. The van der Waals surface area contributed by atoms with Crippen LogP contribution in [0.3, 0.4) is 0 Å². The Morgan fingerprint density at radius 3 is 2.53 bits per heavy atom. The molecule has 2 unspecified atom stereocenters. The first kappa shape index (κ1) is 14.4. The van der Waals surface area contributed by atoms with Gasteiger partial charge in [-0.3, -0.25) is 9.69 Å². The van der Waals surface area contributed by atoms with E-state index in [1.54, 1.807) is 6.92 Å². The zero-order valence-corrected chi connectivity index (χ0v) is 11.1. The van der Waals surface area contributed by atoms with E-state index < -0.39 is 6.04 Å². The average molecular weight is 244 g/mol. The molecule has 0 aromatic heterocycles. The maximum absolute atomic E-state index is 11.8. The van der Waals surface area contributed by atoms with E-state index in [1.165, 1.54) is 0 Å². The van der Waals surface area contributed by atoms with Crippen molar-refractivity contribution in [1.82, 2.24) is 4.90 Å². The maximum Gasteiger partial charge on any atom is 0.324 e. The SMILES string of the molecule is CCOC(=O)C(N)C(C)(CC)N1CCOCC1. The molecule has 1 rings (SSSR count). The van der Waals surface area contributed by atoms with Crippen LogP contribution in [0, 0.1) is 0 Å². The lowest BCUT2D eigenvalue weighted by molar-refractivity contribution is -0.150. The van der Waals surface area contributed by atoms with Crippen molar-refractivity contribution in [2.24, 2.45) is 5.73 Å². The molecule has 1 saturated heterocycles. The van der Waals surface area contributed by atoms with Gasteiger partial charge in [0.1, 0.15) is 6.04 Å². The van der Waals surface area contributed by atoms with Crippen LogP contribution in [0.2, 0.25) is 0 Å².